The number of anilines is 2. The average Bonchev–Trinajstić information content (AvgIpc) is 3.14. The monoisotopic (exact) mass is 352 g/mol. The van der Waals surface area contributed by atoms with Crippen LogP contribution in [0.25, 0.3) is 0 Å². The highest BCUT2D eigenvalue weighted by molar-refractivity contribution is 7.99. The van der Waals surface area contributed by atoms with Crippen molar-refractivity contribution in [3.63, 3.8) is 0 Å². The van der Waals surface area contributed by atoms with Gasteiger partial charge in [-0.05, 0) is 37.1 Å². The molecule has 25 heavy (non-hydrogen) atoms. The topological polar surface area (TPSA) is 21.7 Å². The number of allylic oxidation sites excluding steroid dienone is 1. The van der Waals surface area contributed by atoms with Crippen LogP contribution >= 0.6 is 11.8 Å². The van der Waals surface area contributed by atoms with Crippen molar-refractivity contribution in [2.24, 2.45) is 0 Å². The summed E-state index contributed by atoms with van der Waals surface area (Å²) >= 11 is 1.78. The molecule has 2 aliphatic heterocycles. The van der Waals surface area contributed by atoms with Gasteiger partial charge < -0.3 is 14.4 Å². The molecule has 0 amide bonds. The van der Waals surface area contributed by atoms with Crippen LogP contribution in [0.3, 0.4) is 0 Å². The predicted octanol–water partition coefficient (Wildman–Crippen LogP) is 5.49. The largest absolute Gasteiger partial charge is 0.348 e. The van der Waals surface area contributed by atoms with Crippen LogP contribution in [0.15, 0.2) is 70.1 Å². The average molecular weight is 352 g/mol. The van der Waals surface area contributed by atoms with Gasteiger partial charge in [0.05, 0.1) is 26.0 Å². The molecule has 0 radical (unpaired) electrons. The lowest BCUT2D eigenvalue weighted by Crippen LogP contribution is -2.33. The molecule has 1 saturated heterocycles. The van der Waals surface area contributed by atoms with E-state index in [2.05, 4.69) is 41.3 Å². The molecular weight excluding hydrogens is 330 g/mol. The Morgan fingerprint density at radius 3 is 2.08 bits per heavy atom. The van der Waals surface area contributed by atoms with Gasteiger partial charge in [-0.1, -0.05) is 41.6 Å². The van der Waals surface area contributed by atoms with E-state index in [1.807, 2.05) is 12.1 Å². The molecular formula is C21H21NO2S. The fraction of sp³-hybridized carbons (Fsp3) is 0.333. The van der Waals surface area contributed by atoms with Crippen LogP contribution in [0.1, 0.15) is 27.1 Å². The van der Waals surface area contributed by atoms with E-state index in [1.54, 1.807) is 11.8 Å². The van der Waals surface area contributed by atoms with E-state index in [4.69, 9.17) is 10.8 Å². The minimum atomic E-state index is -0.392. The van der Waals surface area contributed by atoms with E-state index < -0.39 is 5.79 Å². The lowest BCUT2D eigenvalue weighted by atomic mass is 9.90. The minimum absolute atomic E-state index is 0.392. The van der Waals surface area contributed by atoms with E-state index in [-0.39, 0.29) is 0 Å². The summed E-state index contributed by atoms with van der Waals surface area (Å²) in [6.45, 7) is 1.38. The lowest BCUT2D eigenvalue weighted by Gasteiger charge is -2.35. The van der Waals surface area contributed by atoms with E-state index in [9.17, 15) is 0 Å². The zero-order chi connectivity index (χ0) is 17.6. The van der Waals surface area contributed by atoms with Crippen molar-refractivity contribution >= 4 is 23.1 Å². The number of nitrogens with zero attached hydrogens (tertiary/aromatic N) is 1. The summed E-state index contributed by atoms with van der Waals surface area (Å²) in [4.78, 5) is 4.52. The number of benzene rings is 2. The van der Waals surface area contributed by atoms with Gasteiger partial charge in [0.15, 0.2) is 5.79 Å². The van der Waals surface area contributed by atoms with Crippen LogP contribution in [0.5, 0.6) is 0 Å². The molecule has 3 nitrogen and oxygen atoms in total. The SMILES string of the molecule is [2H]C(=C1CCC2(CC1)OCCO2)N1c2ccccc2Sc2ccccc21. The highest BCUT2D eigenvalue weighted by atomic mass is 32.2. The molecule has 2 aromatic carbocycles. The van der Waals surface area contributed by atoms with Crippen LogP contribution in [0, 0.1) is 0 Å². The zero-order valence-corrected chi connectivity index (χ0v) is 14.8. The Kier molecular flexibility index (Phi) is 3.58. The summed E-state index contributed by atoms with van der Waals surface area (Å²) in [5.74, 6) is -0.392. The van der Waals surface area contributed by atoms with Gasteiger partial charge in [0.2, 0.25) is 0 Å². The fourth-order valence-electron chi connectivity index (χ4n) is 3.81. The predicted molar refractivity (Wildman–Crippen MR) is 100 cm³/mol. The van der Waals surface area contributed by atoms with Crippen molar-refractivity contribution in [2.45, 2.75) is 41.3 Å². The highest BCUT2D eigenvalue weighted by Crippen LogP contribution is 2.49. The third kappa shape index (κ3) is 2.78. The van der Waals surface area contributed by atoms with Crippen LogP contribution in [0.2, 0.25) is 0 Å². The molecule has 128 valence electrons. The second-order valence-electron chi connectivity index (χ2n) is 6.70. The van der Waals surface area contributed by atoms with Gasteiger partial charge in [0.1, 0.15) is 0 Å². The summed E-state index contributed by atoms with van der Waals surface area (Å²) in [6.07, 6.45) is 4.00. The standard InChI is InChI=1S/C21H21NO2S/c1-3-7-19-17(5-1)22(18-6-2-4-8-20(18)25-19)15-16-9-11-21(12-10-16)23-13-14-24-21/h1-8,15H,9-14H2/i15D. The molecule has 1 spiro atoms. The maximum Gasteiger partial charge on any atom is 0.169 e. The normalized spacial score (nSPS) is 21.7. The Labute approximate surface area is 154 Å². The van der Waals surface area contributed by atoms with Crippen molar-refractivity contribution in [3.05, 3.63) is 60.3 Å². The number of ether oxygens (including phenoxy) is 2. The van der Waals surface area contributed by atoms with Gasteiger partial charge in [-0.2, -0.15) is 0 Å². The third-order valence-electron chi connectivity index (χ3n) is 5.13. The van der Waals surface area contributed by atoms with E-state index in [0.29, 0.717) is 19.4 Å². The maximum atomic E-state index is 9.00. The lowest BCUT2D eigenvalue weighted by molar-refractivity contribution is -0.171. The van der Waals surface area contributed by atoms with Gasteiger partial charge in [0.25, 0.3) is 0 Å². The van der Waals surface area contributed by atoms with Crippen molar-refractivity contribution in [1.82, 2.24) is 0 Å². The zero-order valence-electron chi connectivity index (χ0n) is 15.0. The summed E-state index contributed by atoms with van der Waals surface area (Å²) in [7, 11) is 0. The number of para-hydroxylation sites is 2. The van der Waals surface area contributed by atoms with Crippen molar-refractivity contribution < 1.29 is 10.8 Å². The Balaban J connectivity index is 1.53. The van der Waals surface area contributed by atoms with Crippen molar-refractivity contribution in [2.75, 3.05) is 18.1 Å². The van der Waals surface area contributed by atoms with Gasteiger partial charge in [-0.15, -0.1) is 0 Å². The van der Waals surface area contributed by atoms with Gasteiger partial charge >= 0.3 is 0 Å². The second-order valence-corrected chi connectivity index (χ2v) is 7.78. The first kappa shape index (κ1) is 14.4. The quantitative estimate of drug-likeness (QED) is 0.676. The minimum Gasteiger partial charge on any atom is -0.348 e. The molecule has 0 aromatic heterocycles. The number of fused-ring (bicyclic) bond motifs is 2. The molecule has 0 bridgehead atoms. The van der Waals surface area contributed by atoms with Gasteiger partial charge in [-0.3, -0.25) is 0 Å². The first-order chi connectivity index (χ1) is 12.8. The molecule has 4 heteroatoms. The van der Waals surface area contributed by atoms with Crippen molar-refractivity contribution in [3.8, 4) is 0 Å². The summed E-state index contributed by atoms with van der Waals surface area (Å²) in [6, 6.07) is 16.7. The maximum absolute atomic E-state index is 9.00. The second kappa shape index (κ2) is 6.20. The molecule has 0 atom stereocenters. The van der Waals surface area contributed by atoms with Gasteiger partial charge in [0, 0.05) is 28.8 Å². The number of rotatable bonds is 1. The summed E-state index contributed by atoms with van der Waals surface area (Å²) in [5, 5.41) is 0. The summed E-state index contributed by atoms with van der Waals surface area (Å²) < 4.78 is 20.7. The Hall–Kier alpha value is -1.75. The summed E-state index contributed by atoms with van der Waals surface area (Å²) in [5.41, 5.74) is 3.39. The molecule has 5 rings (SSSR count). The Morgan fingerprint density at radius 1 is 0.920 bits per heavy atom. The molecule has 3 aliphatic rings. The third-order valence-corrected chi connectivity index (χ3v) is 6.26. The Bertz CT molecular complexity index is 818. The molecule has 2 aromatic rings. The van der Waals surface area contributed by atoms with Gasteiger partial charge in [-0.25, -0.2) is 0 Å². The molecule has 1 aliphatic carbocycles. The van der Waals surface area contributed by atoms with Crippen LogP contribution in [-0.4, -0.2) is 19.0 Å². The van der Waals surface area contributed by atoms with Crippen LogP contribution < -0.4 is 4.90 Å². The first-order valence-electron chi connectivity index (χ1n) is 9.38. The number of hydrogen-bond acceptors (Lipinski definition) is 4. The molecule has 2 fully saturated rings. The van der Waals surface area contributed by atoms with Crippen molar-refractivity contribution in [1.29, 1.82) is 0 Å². The smallest absolute Gasteiger partial charge is 0.169 e. The van der Waals surface area contributed by atoms with E-state index in [0.717, 1.165) is 37.1 Å². The highest BCUT2D eigenvalue weighted by Gasteiger charge is 2.39. The molecule has 1 saturated carbocycles. The van der Waals surface area contributed by atoms with E-state index in [1.165, 1.54) is 15.4 Å². The Morgan fingerprint density at radius 2 is 1.48 bits per heavy atom. The van der Waals surface area contributed by atoms with E-state index >= 15 is 0 Å². The molecule has 0 N–H and O–H groups in total. The fourth-order valence-corrected chi connectivity index (χ4v) is 4.87. The van der Waals surface area contributed by atoms with Crippen LogP contribution in [0.4, 0.5) is 11.4 Å². The molecule has 0 unspecified atom stereocenters. The van der Waals surface area contributed by atoms with Crippen LogP contribution in [-0.2, 0) is 9.47 Å². The number of hydrogen-bond donors (Lipinski definition) is 0. The molecule has 2 heterocycles. The first-order valence-corrected chi connectivity index (χ1v) is 9.70.